The maximum absolute atomic E-state index is 8.53. The molecule has 0 unspecified atom stereocenters. The van der Waals surface area contributed by atoms with Gasteiger partial charge in [-0.3, -0.25) is 0 Å². The van der Waals surface area contributed by atoms with Crippen LogP contribution in [0.1, 0.15) is 12.0 Å². The van der Waals surface area contributed by atoms with Crippen molar-refractivity contribution in [2.24, 2.45) is 5.16 Å². The number of fused-ring (bicyclic) bond motifs is 1. The van der Waals surface area contributed by atoms with Crippen molar-refractivity contribution in [3.05, 3.63) is 42.0 Å². The summed E-state index contributed by atoms with van der Waals surface area (Å²) in [6.45, 7) is 0.620. The van der Waals surface area contributed by atoms with Gasteiger partial charge in [-0.05, 0) is 34.9 Å². The molecule has 0 aliphatic heterocycles. The summed E-state index contributed by atoms with van der Waals surface area (Å²) in [7, 11) is 0. The lowest BCUT2D eigenvalue weighted by Gasteiger charge is -2.08. The molecule has 2 aromatic carbocycles. The number of hydrogen-bond acceptors (Lipinski definition) is 3. The average molecular weight is 278 g/mol. The first-order valence-electron chi connectivity index (χ1n) is 6.21. The van der Waals surface area contributed by atoms with Gasteiger partial charge in [0.2, 0.25) is 0 Å². The van der Waals surface area contributed by atoms with Gasteiger partial charge in [0, 0.05) is 18.5 Å². The first-order chi connectivity index (χ1) is 9.35. The Bertz CT molecular complexity index is 569. The van der Waals surface area contributed by atoms with E-state index in [1.54, 1.807) is 0 Å². The van der Waals surface area contributed by atoms with Crippen molar-refractivity contribution in [1.29, 1.82) is 0 Å². The Balaban J connectivity index is 2.27. The minimum atomic E-state index is 0.596. The van der Waals surface area contributed by atoms with Crippen LogP contribution >= 0.6 is 11.6 Å². The molecular weight excluding hydrogens is 262 g/mol. The smallest absolute Gasteiger partial charge is 0.119 e. The summed E-state index contributed by atoms with van der Waals surface area (Å²) in [6, 6.07) is 12.1. The van der Waals surface area contributed by atoms with E-state index in [-0.39, 0.29) is 0 Å². The number of benzene rings is 2. The molecule has 0 aliphatic rings. The molecule has 0 saturated carbocycles. The molecule has 0 atom stereocenters. The molecule has 1 N–H and O–H groups in total. The Morgan fingerprint density at radius 1 is 1.26 bits per heavy atom. The number of hydrogen-bond donors (Lipinski definition) is 1. The largest absolute Gasteiger partial charge is 0.494 e. The Kier molecular flexibility index (Phi) is 5.04. The first-order valence-corrected chi connectivity index (χ1v) is 6.75. The van der Waals surface area contributed by atoms with Crippen LogP contribution in [0, 0.1) is 0 Å². The second kappa shape index (κ2) is 7.00. The van der Waals surface area contributed by atoms with E-state index in [0.29, 0.717) is 18.9 Å². The molecule has 0 radical (unpaired) electrons. The molecule has 3 nitrogen and oxygen atoms in total. The number of rotatable bonds is 6. The molecule has 0 heterocycles. The maximum Gasteiger partial charge on any atom is 0.119 e. The molecule has 0 fully saturated rings. The molecule has 0 spiro atoms. The van der Waals surface area contributed by atoms with Gasteiger partial charge in [0.25, 0.3) is 0 Å². The van der Waals surface area contributed by atoms with Crippen molar-refractivity contribution in [2.45, 2.75) is 12.8 Å². The van der Waals surface area contributed by atoms with Gasteiger partial charge >= 0.3 is 0 Å². The highest BCUT2D eigenvalue weighted by molar-refractivity contribution is 6.17. The lowest BCUT2D eigenvalue weighted by molar-refractivity contribution is 0.319. The van der Waals surface area contributed by atoms with Crippen molar-refractivity contribution in [1.82, 2.24) is 0 Å². The summed E-state index contributed by atoms with van der Waals surface area (Å²) in [4.78, 5) is 0. The highest BCUT2D eigenvalue weighted by Gasteiger charge is 2.02. The van der Waals surface area contributed by atoms with Crippen LogP contribution in [-0.2, 0) is 6.42 Å². The molecule has 2 aromatic rings. The van der Waals surface area contributed by atoms with E-state index in [1.807, 2.05) is 30.3 Å². The summed E-state index contributed by atoms with van der Waals surface area (Å²) >= 11 is 5.63. The normalized spacial score (nSPS) is 11.2. The standard InChI is InChI=1S/C15H16ClNO2/c16-8-2-10-19-14-6-5-12-3-1-4-13(7-9-17-18)15(12)11-14/h1,3-6,9,11,18H,2,7-8,10H2. The SMILES string of the molecule is ON=CCc1cccc2ccc(OCCCCl)cc12. The van der Waals surface area contributed by atoms with E-state index in [4.69, 9.17) is 21.5 Å². The number of alkyl halides is 1. The fraction of sp³-hybridized carbons (Fsp3) is 0.267. The minimum absolute atomic E-state index is 0.596. The van der Waals surface area contributed by atoms with Crippen LogP contribution < -0.4 is 4.74 Å². The Morgan fingerprint density at radius 3 is 2.95 bits per heavy atom. The predicted octanol–water partition coefficient (Wildman–Crippen LogP) is 3.85. The van der Waals surface area contributed by atoms with Gasteiger partial charge < -0.3 is 9.94 Å². The number of nitrogens with zero attached hydrogens (tertiary/aromatic N) is 1. The second-order valence-corrected chi connectivity index (χ2v) is 4.57. The number of halogens is 1. The lowest BCUT2D eigenvalue weighted by Crippen LogP contribution is -1.98. The van der Waals surface area contributed by atoms with E-state index in [1.165, 1.54) is 6.21 Å². The van der Waals surface area contributed by atoms with E-state index >= 15 is 0 Å². The van der Waals surface area contributed by atoms with Gasteiger partial charge in [0.15, 0.2) is 0 Å². The summed E-state index contributed by atoms with van der Waals surface area (Å²) in [5.41, 5.74) is 1.11. The fourth-order valence-corrected chi connectivity index (χ4v) is 2.08. The van der Waals surface area contributed by atoms with E-state index in [9.17, 15) is 0 Å². The lowest BCUT2D eigenvalue weighted by atomic mass is 10.0. The third-order valence-corrected chi connectivity index (χ3v) is 3.15. The summed E-state index contributed by atoms with van der Waals surface area (Å²) < 4.78 is 5.65. The fourth-order valence-electron chi connectivity index (χ4n) is 1.97. The van der Waals surface area contributed by atoms with Gasteiger partial charge in [0.05, 0.1) is 6.61 Å². The van der Waals surface area contributed by atoms with Gasteiger partial charge in [-0.15, -0.1) is 16.8 Å². The van der Waals surface area contributed by atoms with Crippen LogP contribution in [0.3, 0.4) is 0 Å². The summed E-state index contributed by atoms with van der Waals surface area (Å²) in [5.74, 6) is 1.44. The highest BCUT2D eigenvalue weighted by atomic mass is 35.5. The van der Waals surface area contributed by atoms with Crippen LogP contribution in [0.15, 0.2) is 41.6 Å². The zero-order valence-electron chi connectivity index (χ0n) is 10.6. The Hall–Kier alpha value is -1.74. The zero-order valence-corrected chi connectivity index (χ0v) is 11.3. The summed E-state index contributed by atoms with van der Waals surface area (Å²) in [6.07, 6.45) is 2.91. The highest BCUT2D eigenvalue weighted by Crippen LogP contribution is 2.24. The quantitative estimate of drug-likeness (QED) is 0.286. The molecule has 0 aromatic heterocycles. The van der Waals surface area contributed by atoms with Crippen LogP contribution in [-0.4, -0.2) is 23.9 Å². The predicted molar refractivity (Wildman–Crippen MR) is 78.8 cm³/mol. The maximum atomic E-state index is 8.53. The molecule has 4 heteroatoms. The molecule has 100 valence electrons. The molecule has 19 heavy (non-hydrogen) atoms. The second-order valence-electron chi connectivity index (χ2n) is 4.19. The molecule has 2 rings (SSSR count). The third kappa shape index (κ3) is 3.61. The number of ether oxygens (including phenoxy) is 1. The van der Waals surface area contributed by atoms with Crippen molar-refractivity contribution in [2.75, 3.05) is 12.5 Å². The molecule has 0 saturated heterocycles. The van der Waals surface area contributed by atoms with Gasteiger partial charge in [-0.2, -0.15) is 0 Å². The molecule has 0 aliphatic carbocycles. The number of oxime groups is 1. The van der Waals surface area contributed by atoms with Crippen LogP contribution in [0.5, 0.6) is 5.75 Å². The monoisotopic (exact) mass is 277 g/mol. The van der Waals surface area contributed by atoms with Gasteiger partial charge in [0.1, 0.15) is 5.75 Å². The van der Waals surface area contributed by atoms with Crippen LogP contribution in [0.25, 0.3) is 10.8 Å². The van der Waals surface area contributed by atoms with Crippen LogP contribution in [0.2, 0.25) is 0 Å². The molecule has 0 amide bonds. The van der Waals surface area contributed by atoms with E-state index in [0.717, 1.165) is 28.5 Å². The van der Waals surface area contributed by atoms with Crippen molar-refractivity contribution in [3.8, 4) is 5.75 Å². The van der Waals surface area contributed by atoms with Crippen molar-refractivity contribution >= 4 is 28.6 Å². The third-order valence-electron chi connectivity index (χ3n) is 2.88. The molecular formula is C15H16ClNO2. The Labute approximate surface area is 117 Å². The van der Waals surface area contributed by atoms with Crippen molar-refractivity contribution in [3.63, 3.8) is 0 Å². The average Bonchev–Trinajstić information content (AvgIpc) is 2.45. The van der Waals surface area contributed by atoms with E-state index in [2.05, 4.69) is 11.2 Å². The zero-order chi connectivity index (χ0) is 13.5. The van der Waals surface area contributed by atoms with E-state index < -0.39 is 0 Å². The Morgan fingerprint density at radius 2 is 2.16 bits per heavy atom. The van der Waals surface area contributed by atoms with Crippen molar-refractivity contribution < 1.29 is 9.94 Å². The summed E-state index contributed by atoms with van der Waals surface area (Å²) in [5, 5.41) is 13.8. The molecule has 0 bridgehead atoms. The first kappa shape index (κ1) is 13.7. The van der Waals surface area contributed by atoms with Crippen LogP contribution in [0.4, 0.5) is 0 Å². The van der Waals surface area contributed by atoms with Gasteiger partial charge in [-0.25, -0.2) is 0 Å². The minimum Gasteiger partial charge on any atom is -0.494 e. The topological polar surface area (TPSA) is 41.8 Å². The van der Waals surface area contributed by atoms with Gasteiger partial charge in [-0.1, -0.05) is 24.3 Å².